The van der Waals surface area contributed by atoms with Gasteiger partial charge in [-0.25, -0.2) is 27.4 Å². The van der Waals surface area contributed by atoms with Gasteiger partial charge in [0.25, 0.3) is 38.0 Å². The third-order valence-corrected chi connectivity index (χ3v) is 29.3. The number of aromatic nitrogens is 12. The lowest BCUT2D eigenvalue weighted by Gasteiger charge is -2.23. The van der Waals surface area contributed by atoms with E-state index in [1.54, 1.807) is 0 Å². The molecule has 19 aromatic rings. The van der Waals surface area contributed by atoms with Crippen LogP contribution < -0.4 is 27.4 Å². The molecule has 2 fully saturated rings. The summed E-state index contributed by atoms with van der Waals surface area (Å²) >= 11 is 0. The second-order valence-corrected chi connectivity index (χ2v) is 40.3. The molecule has 2 aliphatic carbocycles. The highest BCUT2D eigenvalue weighted by molar-refractivity contribution is 5.89. The van der Waals surface area contributed by atoms with Crippen molar-refractivity contribution in [1.82, 2.24) is 29.9 Å². The van der Waals surface area contributed by atoms with E-state index in [-0.39, 0.29) is 0 Å². The van der Waals surface area contributed by atoms with Gasteiger partial charge in [-0.05, 0) is 269 Å². The number of nitrogens with zero attached hydrogens (tertiary/aromatic N) is 12. The molecule has 12 heteroatoms. The van der Waals surface area contributed by atoms with Crippen molar-refractivity contribution in [3.05, 3.63) is 455 Å². The summed E-state index contributed by atoms with van der Waals surface area (Å²) in [5.41, 5.74) is 54.5. The lowest BCUT2D eigenvalue weighted by molar-refractivity contribution is -0.664. The molecular formula is C134H142N12+6. The zero-order valence-corrected chi connectivity index (χ0v) is 89.4. The van der Waals surface area contributed by atoms with Crippen molar-refractivity contribution in [3.8, 4) is 145 Å². The van der Waals surface area contributed by atoms with Crippen LogP contribution in [0.4, 0.5) is 0 Å². The number of rotatable bonds is 15. The second-order valence-electron chi connectivity index (χ2n) is 40.3. The van der Waals surface area contributed by atoms with Gasteiger partial charge >= 0.3 is 0 Å². The highest BCUT2D eigenvalue weighted by Crippen LogP contribution is 2.45. The molecule has 0 amide bonds. The fourth-order valence-electron chi connectivity index (χ4n) is 22.1. The first-order valence-corrected chi connectivity index (χ1v) is 51.7. The summed E-state index contributed by atoms with van der Waals surface area (Å²) < 4.78 is 12.9. The summed E-state index contributed by atoms with van der Waals surface area (Å²) in [5, 5.41) is 0. The zero-order chi connectivity index (χ0) is 103. The van der Waals surface area contributed by atoms with Crippen LogP contribution >= 0.6 is 0 Å². The van der Waals surface area contributed by atoms with Crippen LogP contribution in [0.3, 0.4) is 0 Å². The molecule has 0 atom stereocenters. The van der Waals surface area contributed by atoms with E-state index in [0.29, 0.717) is 11.8 Å². The summed E-state index contributed by atoms with van der Waals surface area (Å²) in [6, 6.07) is 102. The van der Waals surface area contributed by atoms with Crippen molar-refractivity contribution in [2.24, 2.45) is 42.3 Å². The Morgan fingerprint density at radius 1 is 0.178 bits per heavy atom. The van der Waals surface area contributed by atoms with Gasteiger partial charge in [-0.1, -0.05) is 358 Å². The molecule has 6 aromatic heterocycles. The van der Waals surface area contributed by atoms with Crippen LogP contribution in [0.25, 0.3) is 145 Å². The largest absolute Gasteiger partial charge is 0.286 e. The summed E-state index contributed by atoms with van der Waals surface area (Å²) in [6.07, 6.45) is 35.6. The van der Waals surface area contributed by atoms with Crippen LogP contribution in [0.1, 0.15) is 164 Å². The Hall–Kier alpha value is -15.7. The molecule has 732 valence electrons. The summed E-state index contributed by atoms with van der Waals surface area (Å²) in [4.78, 5) is 26.8. The third-order valence-electron chi connectivity index (χ3n) is 29.3. The van der Waals surface area contributed by atoms with Crippen LogP contribution in [0.5, 0.6) is 0 Å². The van der Waals surface area contributed by atoms with Crippen molar-refractivity contribution in [2.75, 3.05) is 0 Å². The molecule has 21 rings (SSSR count). The number of aryl methyl sites for hydroxylation is 21. The maximum Gasteiger partial charge on any atom is 0.286 e. The molecule has 2 aliphatic rings. The van der Waals surface area contributed by atoms with Gasteiger partial charge in [0.1, 0.15) is 46.6 Å². The van der Waals surface area contributed by atoms with Crippen LogP contribution in [0.2, 0.25) is 0 Å². The first kappa shape index (κ1) is 103. The molecule has 6 heterocycles. The van der Waals surface area contributed by atoms with E-state index in [4.69, 9.17) is 0 Å². The molecule has 12 nitrogen and oxygen atoms in total. The van der Waals surface area contributed by atoms with E-state index in [1.807, 2.05) is 62.8 Å². The van der Waals surface area contributed by atoms with E-state index in [0.717, 1.165) is 5.56 Å². The zero-order valence-electron chi connectivity index (χ0n) is 89.4. The standard InChI is InChI=1S/C27H27N2.C26H25N2.C25H23N2.C21H23N2.C18H23N2.C17H21N2/c1-18-10-12-22(13-11-18)23-14-20(3)26(21(4)15-23)25-16-28-17-29(5)27(25)24-9-7-6-8-19(24)2;1-18-10-8-9-13-23(18)26-24(16-27-17-28(26)4)25-19(2)14-22(15-20(25)3)21-11-6-5-7-12-21;1-18-9-7-8-12-23(18)25-24(16-26-17-27(25)3)22-14-13-21(15-19(22)2)20-10-5-4-6-11-20;1-14-10-16(3)20(17(4)11-14)19-12-22-13-23(5)21(19)18-9-7-6-8-15(18)2;1-14-8-6-7-11-16(14)18-17(12-19-13-20(18)2)15-9-4-3-5-10-15;1-13-7-3-6-10-15(13)17-16(11-18-12-19(17)2)14-8-4-5-9-14/h6-17H,1-5H3;5-17H,1-4H3;4-17H,1-3H3;6-13H,1-5H3;6-8,11-13,15H,3-5,9-10H2,1-2H3;3,6-7,10-12,14H,4-5,8-9H2,1-2H3/q6*+1. The fourth-order valence-corrected chi connectivity index (χ4v) is 22.1. The Bertz CT molecular complexity index is 7770. The van der Waals surface area contributed by atoms with Crippen LogP contribution in [0.15, 0.2) is 360 Å². The molecular weight excluding hydrogens is 1780 g/mol. The van der Waals surface area contributed by atoms with Crippen LogP contribution in [0, 0.1) is 104 Å². The minimum atomic E-state index is 0.679. The van der Waals surface area contributed by atoms with Gasteiger partial charge in [0.15, 0.2) is 24.8 Å². The van der Waals surface area contributed by atoms with Crippen molar-refractivity contribution in [2.45, 2.75) is 173 Å². The molecule has 146 heavy (non-hydrogen) atoms. The van der Waals surface area contributed by atoms with E-state index >= 15 is 0 Å². The van der Waals surface area contributed by atoms with Crippen LogP contribution in [-0.4, -0.2) is 29.9 Å². The minimum Gasteiger partial charge on any atom is -0.232 e. The lowest BCUT2D eigenvalue weighted by atomic mass is 9.82. The molecule has 0 bridgehead atoms. The summed E-state index contributed by atoms with van der Waals surface area (Å²) in [7, 11) is 12.5. The van der Waals surface area contributed by atoms with Crippen molar-refractivity contribution in [3.63, 3.8) is 0 Å². The molecule has 2 saturated carbocycles. The van der Waals surface area contributed by atoms with Gasteiger partial charge in [-0.15, -0.1) is 0 Å². The lowest BCUT2D eigenvalue weighted by Crippen LogP contribution is -2.33. The van der Waals surface area contributed by atoms with Gasteiger partial charge in [0.2, 0.25) is 0 Å². The van der Waals surface area contributed by atoms with Gasteiger partial charge in [-0.2, -0.15) is 0 Å². The Kier molecular flexibility index (Phi) is 33.7. The maximum absolute atomic E-state index is 4.51. The minimum absolute atomic E-state index is 0.679. The molecule has 0 radical (unpaired) electrons. The van der Waals surface area contributed by atoms with Gasteiger partial charge < -0.3 is 0 Å². The molecule has 13 aromatic carbocycles. The first-order chi connectivity index (χ1) is 70.7. The number of hydrogen-bond acceptors (Lipinski definition) is 6. The average Bonchev–Trinajstić information content (AvgIpc) is 0.877. The first-order valence-electron chi connectivity index (χ1n) is 51.7. The van der Waals surface area contributed by atoms with E-state index in [1.165, 1.54) is 292 Å². The Balaban J connectivity index is 0.000000126. The van der Waals surface area contributed by atoms with Crippen molar-refractivity contribution >= 4 is 0 Å². The molecule has 0 saturated heterocycles. The quantitative estimate of drug-likeness (QED) is 0.0948. The highest BCUT2D eigenvalue weighted by atomic mass is 15.0. The summed E-state index contributed by atoms with van der Waals surface area (Å²) in [5.74, 6) is 1.37. The van der Waals surface area contributed by atoms with E-state index in [9.17, 15) is 0 Å². The third kappa shape index (κ3) is 23.7. The second kappa shape index (κ2) is 47.7. The van der Waals surface area contributed by atoms with Crippen molar-refractivity contribution < 1.29 is 27.4 Å². The van der Waals surface area contributed by atoms with Gasteiger partial charge in [0, 0.05) is 44.5 Å². The predicted octanol–water partition coefficient (Wildman–Crippen LogP) is 29.4. The molecule has 0 aliphatic heterocycles. The smallest absolute Gasteiger partial charge is 0.232 e. The van der Waals surface area contributed by atoms with E-state index < -0.39 is 0 Å². The molecule has 0 spiro atoms. The Morgan fingerprint density at radius 3 is 0.733 bits per heavy atom. The number of hydrogen-bond donors (Lipinski definition) is 0. The van der Waals surface area contributed by atoms with Gasteiger partial charge in [-0.3, -0.25) is 0 Å². The SMILES string of the molecule is Cc1cc(-c2ccccc2)ccc1-c1cnc[n+](C)c1-c1ccccc1C.Cc1cc(C)c(-c2cnc[n+](C)c2-c2ccccc2C)c(C)c1.Cc1ccc(-c2cc(C)c(-c3cnc[n+](C)c3-c3ccccc3C)c(C)c2)cc1.Cc1ccccc1-c1c(-c2c(C)cc(-c3ccccc3)cc2C)cnc[n+]1C.Cc1ccccc1-c1c(C2CCCC2)cnc[n+]1C.Cc1ccccc1-c1c(C2CCCCC2)cnc[n+]1C. The normalized spacial score (nSPS) is 12.3. The van der Waals surface area contributed by atoms with E-state index in [2.05, 4.69) is 501 Å². The molecule has 0 N–H and O–H groups in total. The average molecular weight is 1920 g/mol. The predicted molar refractivity (Wildman–Crippen MR) is 601 cm³/mol. The monoisotopic (exact) mass is 1920 g/mol. The Morgan fingerprint density at radius 2 is 0.418 bits per heavy atom. The fraction of sp³-hybridized carbons (Fsp3) is 0.239. The highest BCUT2D eigenvalue weighted by Gasteiger charge is 2.31. The Labute approximate surface area is 867 Å². The van der Waals surface area contributed by atoms with Crippen molar-refractivity contribution in [1.29, 1.82) is 0 Å². The van der Waals surface area contributed by atoms with Gasteiger partial charge in [0.05, 0.1) is 64.5 Å². The number of benzene rings is 13. The topological polar surface area (TPSA) is 101 Å². The van der Waals surface area contributed by atoms with Crippen LogP contribution in [-0.2, 0) is 42.3 Å². The molecule has 0 unspecified atom stereocenters. The maximum atomic E-state index is 4.51. The summed E-state index contributed by atoms with van der Waals surface area (Å²) in [6.45, 7) is 32.7.